The Labute approximate surface area is 138 Å². The minimum atomic E-state index is 0.415. The van der Waals surface area contributed by atoms with E-state index in [1.54, 1.807) is 0 Å². The van der Waals surface area contributed by atoms with E-state index in [0.717, 1.165) is 11.2 Å². The van der Waals surface area contributed by atoms with Crippen molar-refractivity contribution < 1.29 is 0 Å². The highest BCUT2D eigenvalue weighted by Gasteiger charge is 2.30. The topological polar surface area (TPSA) is 37.2 Å². The summed E-state index contributed by atoms with van der Waals surface area (Å²) in [5, 5.41) is 0. The Hall–Kier alpha value is -1.46. The zero-order valence-electron chi connectivity index (χ0n) is 14.3. The monoisotopic (exact) mass is 313 g/mol. The van der Waals surface area contributed by atoms with Gasteiger partial charge in [0.2, 0.25) is 0 Å². The molecule has 5 heteroatoms. The van der Waals surface area contributed by atoms with Gasteiger partial charge in [0.25, 0.3) is 0 Å². The number of piperidine rings is 2. The Morgan fingerprint density at radius 2 is 1.87 bits per heavy atom. The molecule has 0 spiro atoms. The first-order valence-electron chi connectivity index (χ1n) is 8.95. The molecule has 5 nitrogen and oxygen atoms in total. The quantitative estimate of drug-likeness (QED) is 0.854. The van der Waals surface area contributed by atoms with Gasteiger partial charge in [-0.05, 0) is 78.0 Å². The van der Waals surface area contributed by atoms with E-state index in [9.17, 15) is 0 Å². The molecule has 1 unspecified atom stereocenters. The highest BCUT2D eigenvalue weighted by molar-refractivity contribution is 5.71. The van der Waals surface area contributed by atoms with Crippen LogP contribution in [0.1, 0.15) is 50.0 Å². The summed E-state index contributed by atoms with van der Waals surface area (Å²) in [6.07, 6.45) is 8.54. The first kappa shape index (κ1) is 15.1. The van der Waals surface area contributed by atoms with Gasteiger partial charge in [0, 0.05) is 12.1 Å². The van der Waals surface area contributed by atoms with E-state index in [1.807, 2.05) is 12.3 Å². The Kier molecular flexibility index (Phi) is 4.07. The summed E-state index contributed by atoms with van der Waals surface area (Å²) < 4.78 is 2.46. The average Bonchev–Trinajstić information content (AvgIpc) is 2.95. The summed E-state index contributed by atoms with van der Waals surface area (Å²) in [6, 6.07) is 4.11. The molecule has 4 rings (SSSR count). The van der Waals surface area contributed by atoms with E-state index in [-0.39, 0.29) is 0 Å². The van der Waals surface area contributed by atoms with E-state index in [2.05, 4.69) is 39.5 Å². The molecule has 0 bridgehead atoms. The maximum Gasteiger partial charge on any atom is 0.161 e. The van der Waals surface area contributed by atoms with Crippen molar-refractivity contribution in [2.24, 2.45) is 0 Å². The second-order valence-corrected chi connectivity index (χ2v) is 7.22. The van der Waals surface area contributed by atoms with Crippen molar-refractivity contribution in [3.63, 3.8) is 0 Å². The summed E-state index contributed by atoms with van der Waals surface area (Å²) in [4.78, 5) is 14.6. The van der Waals surface area contributed by atoms with E-state index in [1.165, 1.54) is 57.6 Å². The number of hydrogen-bond acceptors (Lipinski definition) is 4. The number of aromatic nitrogens is 3. The molecule has 0 amide bonds. The van der Waals surface area contributed by atoms with Crippen LogP contribution >= 0.6 is 0 Å². The summed E-state index contributed by atoms with van der Waals surface area (Å²) in [7, 11) is 4.46. The van der Waals surface area contributed by atoms with Gasteiger partial charge in [0.15, 0.2) is 5.65 Å². The van der Waals surface area contributed by atoms with Crippen LogP contribution in [0.3, 0.4) is 0 Å². The third kappa shape index (κ3) is 2.76. The van der Waals surface area contributed by atoms with Gasteiger partial charge in [-0.2, -0.15) is 0 Å². The molecule has 124 valence electrons. The number of hydrogen-bond donors (Lipinski definition) is 0. The number of rotatable bonds is 2. The number of pyridine rings is 1. The first-order chi connectivity index (χ1) is 11.2. The standard InChI is InChI=1S/C18H27N5/c1-21-12-8-14(9-13-21)17-20-15-6-5-10-19-18(15)23(17)16-7-3-4-11-22(16)2/h5-6,10,14,16H,3-4,7-9,11-13H2,1-2H3. The second kappa shape index (κ2) is 6.21. The lowest BCUT2D eigenvalue weighted by atomic mass is 9.96. The van der Waals surface area contributed by atoms with Crippen LogP contribution in [0.25, 0.3) is 11.2 Å². The van der Waals surface area contributed by atoms with Crippen molar-refractivity contribution in [1.82, 2.24) is 24.3 Å². The molecule has 0 aliphatic carbocycles. The van der Waals surface area contributed by atoms with Gasteiger partial charge in [-0.3, -0.25) is 9.47 Å². The summed E-state index contributed by atoms with van der Waals surface area (Å²) in [5.41, 5.74) is 2.13. The normalized spacial score (nSPS) is 25.2. The van der Waals surface area contributed by atoms with Gasteiger partial charge in [0.1, 0.15) is 11.3 Å². The molecule has 4 heterocycles. The second-order valence-electron chi connectivity index (χ2n) is 7.22. The molecule has 23 heavy (non-hydrogen) atoms. The third-order valence-electron chi connectivity index (χ3n) is 5.59. The molecule has 1 atom stereocenters. The van der Waals surface area contributed by atoms with E-state index in [4.69, 9.17) is 4.98 Å². The molecule has 2 saturated heterocycles. The van der Waals surface area contributed by atoms with Crippen molar-refractivity contribution in [2.45, 2.75) is 44.2 Å². The zero-order valence-corrected chi connectivity index (χ0v) is 14.3. The van der Waals surface area contributed by atoms with Crippen LogP contribution in [-0.2, 0) is 0 Å². The van der Waals surface area contributed by atoms with Crippen molar-refractivity contribution in [2.75, 3.05) is 33.7 Å². The highest BCUT2D eigenvalue weighted by atomic mass is 15.3. The third-order valence-corrected chi connectivity index (χ3v) is 5.59. The van der Waals surface area contributed by atoms with Crippen molar-refractivity contribution >= 4 is 11.2 Å². The Bertz CT molecular complexity index is 671. The van der Waals surface area contributed by atoms with Crippen LogP contribution in [0.15, 0.2) is 18.3 Å². The largest absolute Gasteiger partial charge is 0.306 e. The zero-order chi connectivity index (χ0) is 15.8. The van der Waals surface area contributed by atoms with Crippen molar-refractivity contribution in [1.29, 1.82) is 0 Å². The molecule has 2 aliphatic heterocycles. The Morgan fingerprint density at radius 3 is 2.65 bits per heavy atom. The molecule has 0 radical (unpaired) electrons. The van der Waals surface area contributed by atoms with Crippen LogP contribution in [0, 0.1) is 0 Å². The number of fused-ring (bicyclic) bond motifs is 1. The van der Waals surface area contributed by atoms with E-state index >= 15 is 0 Å². The van der Waals surface area contributed by atoms with Crippen molar-refractivity contribution in [3.8, 4) is 0 Å². The van der Waals surface area contributed by atoms with Crippen LogP contribution in [0.2, 0.25) is 0 Å². The summed E-state index contributed by atoms with van der Waals surface area (Å²) in [6.45, 7) is 3.51. The molecule has 0 saturated carbocycles. The Balaban J connectivity index is 1.78. The lowest BCUT2D eigenvalue weighted by Gasteiger charge is -2.36. The lowest BCUT2D eigenvalue weighted by molar-refractivity contribution is 0.124. The Morgan fingerprint density at radius 1 is 1.04 bits per heavy atom. The molecule has 2 aliphatic rings. The van der Waals surface area contributed by atoms with Gasteiger partial charge in [-0.1, -0.05) is 0 Å². The van der Waals surface area contributed by atoms with E-state index < -0.39 is 0 Å². The average molecular weight is 313 g/mol. The fraction of sp³-hybridized carbons (Fsp3) is 0.667. The van der Waals surface area contributed by atoms with Crippen LogP contribution in [-0.4, -0.2) is 58.1 Å². The molecule has 0 aromatic carbocycles. The maximum absolute atomic E-state index is 5.03. The molecule has 2 aromatic rings. The first-order valence-corrected chi connectivity index (χ1v) is 8.95. The SMILES string of the molecule is CN1CCC(c2nc3cccnc3n2C2CCCCN2C)CC1. The molecule has 2 fully saturated rings. The van der Waals surface area contributed by atoms with Gasteiger partial charge < -0.3 is 4.90 Å². The highest BCUT2D eigenvalue weighted by Crippen LogP contribution is 2.35. The van der Waals surface area contributed by atoms with Gasteiger partial charge >= 0.3 is 0 Å². The number of likely N-dealkylation sites (tertiary alicyclic amines) is 2. The predicted octanol–water partition coefficient (Wildman–Crippen LogP) is 2.85. The minimum Gasteiger partial charge on any atom is -0.306 e. The minimum absolute atomic E-state index is 0.415. The number of imidazole rings is 1. The smallest absolute Gasteiger partial charge is 0.161 e. The molecule has 2 aromatic heterocycles. The molecular weight excluding hydrogens is 286 g/mol. The van der Waals surface area contributed by atoms with Gasteiger partial charge in [-0.15, -0.1) is 0 Å². The van der Waals surface area contributed by atoms with Gasteiger partial charge in [-0.25, -0.2) is 9.97 Å². The predicted molar refractivity (Wildman–Crippen MR) is 92.5 cm³/mol. The van der Waals surface area contributed by atoms with Crippen LogP contribution < -0.4 is 0 Å². The number of nitrogens with zero attached hydrogens (tertiary/aromatic N) is 5. The van der Waals surface area contributed by atoms with Crippen molar-refractivity contribution in [3.05, 3.63) is 24.2 Å². The van der Waals surface area contributed by atoms with Crippen LogP contribution in [0.5, 0.6) is 0 Å². The maximum atomic E-state index is 5.03. The summed E-state index contributed by atoms with van der Waals surface area (Å²) >= 11 is 0. The lowest BCUT2D eigenvalue weighted by Crippen LogP contribution is -2.36. The molecular formula is C18H27N5. The van der Waals surface area contributed by atoms with Crippen LogP contribution in [0.4, 0.5) is 0 Å². The van der Waals surface area contributed by atoms with E-state index in [0.29, 0.717) is 12.1 Å². The fourth-order valence-corrected chi connectivity index (χ4v) is 4.18. The van der Waals surface area contributed by atoms with Gasteiger partial charge in [0.05, 0.1) is 6.17 Å². The summed E-state index contributed by atoms with van der Waals surface area (Å²) in [5.74, 6) is 1.83. The molecule has 0 N–H and O–H groups in total. The fourth-order valence-electron chi connectivity index (χ4n) is 4.18.